The number of hydrogen-bond donors (Lipinski definition) is 0. The Morgan fingerprint density at radius 1 is 1.04 bits per heavy atom. The predicted molar refractivity (Wildman–Crippen MR) is 111 cm³/mol. The van der Waals surface area contributed by atoms with Gasteiger partial charge in [-0.2, -0.15) is 0 Å². The smallest absolute Gasteiger partial charge is 0.338 e. The van der Waals surface area contributed by atoms with E-state index in [4.69, 9.17) is 23.7 Å². The van der Waals surface area contributed by atoms with Crippen LogP contribution in [0, 0.1) is 3.57 Å². The Kier molecular flexibility index (Phi) is 4.77. The number of benzene rings is 2. The summed E-state index contributed by atoms with van der Waals surface area (Å²) in [6, 6.07) is 7.38. The van der Waals surface area contributed by atoms with E-state index in [0.717, 1.165) is 35.6 Å². The third kappa shape index (κ3) is 2.96. The summed E-state index contributed by atoms with van der Waals surface area (Å²) in [5.41, 5.74) is 1.15. The second kappa shape index (κ2) is 7.08. The number of thiophene rings is 1. The van der Waals surface area contributed by atoms with Gasteiger partial charge in [-0.1, -0.05) is 0 Å². The molecule has 0 amide bonds. The first-order valence-electron chi connectivity index (χ1n) is 7.93. The Bertz CT molecular complexity index is 1060. The molecule has 0 radical (unpaired) electrons. The molecule has 1 aliphatic heterocycles. The molecule has 1 aromatic heterocycles. The summed E-state index contributed by atoms with van der Waals surface area (Å²) in [7, 11) is 4.45. The molecule has 0 saturated carbocycles. The minimum Gasteiger partial charge on any atom is -0.493 e. The zero-order valence-corrected chi connectivity index (χ0v) is 17.7. The molecule has 2 heterocycles. The molecule has 27 heavy (non-hydrogen) atoms. The van der Waals surface area contributed by atoms with Crippen LogP contribution < -0.4 is 18.9 Å². The molecule has 0 aliphatic carbocycles. The minimum absolute atomic E-state index is 0.234. The fourth-order valence-electron chi connectivity index (χ4n) is 2.98. The highest BCUT2D eigenvalue weighted by molar-refractivity contribution is 14.1. The number of hydrogen-bond acceptors (Lipinski definition) is 7. The van der Waals surface area contributed by atoms with Crippen molar-refractivity contribution in [3.05, 3.63) is 33.4 Å². The second-order valence-corrected chi connectivity index (χ2v) is 7.82. The molecule has 6 nitrogen and oxygen atoms in total. The van der Waals surface area contributed by atoms with E-state index in [1.54, 1.807) is 30.6 Å². The van der Waals surface area contributed by atoms with Crippen LogP contribution >= 0.6 is 33.9 Å². The van der Waals surface area contributed by atoms with Gasteiger partial charge in [-0.25, -0.2) is 4.79 Å². The van der Waals surface area contributed by atoms with Crippen molar-refractivity contribution in [2.75, 3.05) is 28.1 Å². The Morgan fingerprint density at radius 3 is 2.37 bits per heavy atom. The van der Waals surface area contributed by atoms with Crippen molar-refractivity contribution in [1.29, 1.82) is 0 Å². The normalized spacial score (nSPS) is 12.3. The molecule has 0 bridgehead atoms. The molecule has 8 heteroatoms. The van der Waals surface area contributed by atoms with Crippen molar-refractivity contribution < 1.29 is 28.5 Å². The maximum absolute atomic E-state index is 12.4. The highest BCUT2D eigenvalue weighted by Crippen LogP contribution is 2.47. The first-order valence-corrected chi connectivity index (χ1v) is 9.83. The van der Waals surface area contributed by atoms with Gasteiger partial charge >= 0.3 is 5.97 Å². The summed E-state index contributed by atoms with van der Waals surface area (Å²) in [6.45, 7) is 0.234. The fourth-order valence-corrected chi connectivity index (χ4v) is 5.36. The molecule has 0 saturated heterocycles. The third-order valence-corrected chi connectivity index (χ3v) is 6.97. The van der Waals surface area contributed by atoms with Gasteiger partial charge in [-0.15, -0.1) is 11.3 Å². The average molecular weight is 498 g/mol. The molecular formula is C19H15IO6S. The van der Waals surface area contributed by atoms with E-state index in [2.05, 4.69) is 22.6 Å². The molecule has 2 aromatic carbocycles. The van der Waals surface area contributed by atoms with Gasteiger partial charge in [-0.3, -0.25) is 0 Å². The van der Waals surface area contributed by atoms with E-state index < -0.39 is 5.97 Å². The number of carbonyl (C=O) groups excluding carboxylic acids is 1. The summed E-state index contributed by atoms with van der Waals surface area (Å²) in [5.74, 6) is 2.03. The number of halogens is 1. The van der Waals surface area contributed by atoms with E-state index in [9.17, 15) is 4.79 Å². The largest absolute Gasteiger partial charge is 0.493 e. The molecule has 0 unspecified atom stereocenters. The highest BCUT2D eigenvalue weighted by Gasteiger charge is 2.24. The number of ether oxygens (including phenoxy) is 5. The van der Waals surface area contributed by atoms with Gasteiger partial charge in [0.15, 0.2) is 23.0 Å². The van der Waals surface area contributed by atoms with Gasteiger partial charge in [0.05, 0.1) is 26.9 Å². The van der Waals surface area contributed by atoms with Crippen LogP contribution in [0.4, 0.5) is 0 Å². The number of methoxy groups -OCH3 is 3. The number of carbonyl (C=O) groups is 1. The van der Waals surface area contributed by atoms with Crippen LogP contribution in [0.5, 0.6) is 23.0 Å². The van der Waals surface area contributed by atoms with Crippen LogP contribution in [0.15, 0.2) is 24.3 Å². The molecule has 4 rings (SSSR count). The van der Waals surface area contributed by atoms with Crippen molar-refractivity contribution in [2.24, 2.45) is 0 Å². The van der Waals surface area contributed by atoms with Crippen molar-refractivity contribution in [1.82, 2.24) is 0 Å². The number of fused-ring (bicyclic) bond motifs is 2. The molecule has 0 fully saturated rings. The number of esters is 1. The van der Waals surface area contributed by atoms with Crippen molar-refractivity contribution in [3.8, 4) is 33.4 Å². The van der Waals surface area contributed by atoms with E-state index in [1.807, 2.05) is 12.1 Å². The third-order valence-electron chi connectivity index (χ3n) is 4.30. The Balaban J connectivity index is 1.97. The van der Waals surface area contributed by atoms with E-state index in [-0.39, 0.29) is 6.79 Å². The summed E-state index contributed by atoms with van der Waals surface area (Å²) in [4.78, 5) is 13.3. The molecule has 0 atom stereocenters. The van der Waals surface area contributed by atoms with Crippen LogP contribution in [-0.4, -0.2) is 34.1 Å². The van der Waals surface area contributed by atoms with Crippen molar-refractivity contribution >= 4 is 50.0 Å². The van der Waals surface area contributed by atoms with E-state index in [1.165, 1.54) is 14.2 Å². The van der Waals surface area contributed by atoms with Crippen LogP contribution in [-0.2, 0) is 4.74 Å². The minimum atomic E-state index is -0.437. The molecule has 0 spiro atoms. The topological polar surface area (TPSA) is 63.2 Å². The summed E-state index contributed by atoms with van der Waals surface area (Å²) in [6.07, 6.45) is 0. The van der Waals surface area contributed by atoms with Crippen LogP contribution in [0.2, 0.25) is 0 Å². The summed E-state index contributed by atoms with van der Waals surface area (Å²) >= 11 is 3.86. The molecular weight excluding hydrogens is 483 g/mol. The lowest BCUT2D eigenvalue weighted by molar-refractivity contribution is 0.0601. The SMILES string of the molecule is COC(=O)c1cc(OC)c(OC)cc1-c1sc2cc3c(cc2c1I)OCO3. The van der Waals surface area contributed by atoms with Crippen LogP contribution in [0.3, 0.4) is 0 Å². The van der Waals surface area contributed by atoms with E-state index in [0.29, 0.717) is 17.1 Å². The van der Waals surface area contributed by atoms with Crippen LogP contribution in [0.25, 0.3) is 20.5 Å². The molecule has 1 aliphatic rings. The standard InChI is InChI=1S/C19H15IO6S/c1-22-12-4-9(10(19(21)24-3)5-13(12)23-2)18-17(20)11-6-14-15(26-8-25-14)7-16(11)27-18/h4-7H,8H2,1-3H3. The maximum Gasteiger partial charge on any atom is 0.338 e. The molecule has 3 aromatic rings. The number of rotatable bonds is 4. The average Bonchev–Trinajstić information content (AvgIpc) is 3.28. The zero-order chi connectivity index (χ0) is 19.1. The van der Waals surface area contributed by atoms with Gasteiger partial charge in [0, 0.05) is 30.2 Å². The summed E-state index contributed by atoms with van der Waals surface area (Å²) < 4.78 is 28.8. The first-order chi connectivity index (χ1) is 13.1. The Morgan fingerprint density at radius 2 is 1.70 bits per heavy atom. The van der Waals surface area contributed by atoms with E-state index >= 15 is 0 Å². The lowest BCUT2D eigenvalue weighted by Gasteiger charge is -2.13. The monoisotopic (exact) mass is 498 g/mol. The van der Waals surface area contributed by atoms with Crippen LogP contribution in [0.1, 0.15) is 10.4 Å². The summed E-state index contributed by atoms with van der Waals surface area (Å²) in [5, 5.41) is 1.05. The van der Waals surface area contributed by atoms with Crippen molar-refractivity contribution in [2.45, 2.75) is 0 Å². The molecule has 0 N–H and O–H groups in total. The second-order valence-electron chi connectivity index (χ2n) is 5.69. The quantitative estimate of drug-likeness (QED) is 0.384. The Hall–Kier alpha value is -2.20. The highest BCUT2D eigenvalue weighted by atomic mass is 127. The van der Waals surface area contributed by atoms with Gasteiger partial charge in [0.25, 0.3) is 0 Å². The van der Waals surface area contributed by atoms with Gasteiger partial charge in [0.2, 0.25) is 6.79 Å². The maximum atomic E-state index is 12.4. The predicted octanol–water partition coefficient (Wildman–Crippen LogP) is 4.71. The van der Waals surface area contributed by atoms with Gasteiger partial charge in [-0.05, 0) is 40.8 Å². The first kappa shape index (κ1) is 18.2. The lowest BCUT2D eigenvalue weighted by Crippen LogP contribution is -2.05. The van der Waals surface area contributed by atoms with Gasteiger partial charge < -0.3 is 23.7 Å². The Labute approximate surface area is 173 Å². The zero-order valence-electron chi connectivity index (χ0n) is 14.8. The molecule has 140 valence electrons. The fraction of sp³-hybridized carbons (Fsp3) is 0.211. The van der Waals surface area contributed by atoms with Gasteiger partial charge in [0.1, 0.15) is 0 Å². The van der Waals surface area contributed by atoms with Crippen molar-refractivity contribution in [3.63, 3.8) is 0 Å². The lowest BCUT2D eigenvalue weighted by atomic mass is 10.0.